The first kappa shape index (κ1) is 17.6. The Morgan fingerprint density at radius 1 is 1.14 bits per heavy atom. The van der Waals surface area contributed by atoms with Gasteiger partial charge in [-0.3, -0.25) is 14.8 Å². The van der Waals surface area contributed by atoms with E-state index in [9.17, 15) is 9.59 Å². The number of hydrogen-bond acceptors (Lipinski definition) is 6. The van der Waals surface area contributed by atoms with Crippen molar-refractivity contribution in [1.29, 1.82) is 0 Å². The van der Waals surface area contributed by atoms with E-state index in [1.54, 1.807) is 12.4 Å². The van der Waals surface area contributed by atoms with Crippen molar-refractivity contribution in [1.82, 2.24) is 24.5 Å². The molecule has 0 fully saturated rings. The summed E-state index contributed by atoms with van der Waals surface area (Å²) in [5, 5.41) is 3.30. The lowest BCUT2D eigenvalue weighted by Crippen LogP contribution is -2.34. The van der Waals surface area contributed by atoms with Crippen LogP contribution in [0.2, 0.25) is 0 Å². The number of aromatic amines is 1. The predicted molar refractivity (Wildman–Crippen MR) is 107 cm³/mol. The molecule has 2 N–H and O–H groups in total. The number of benzene rings is 1. The highest BCUT2D eigenvalue weighted by atomic mass is 16.2. The van der Waals surface area contributed by atoms with Crippen molar-refractivity contribution in [2.45, 2.75) is 20.4 Å². The van der Waals surface area contributed by atoms with Gasteiger partial charge in [0.1, 0.15) is 5.39 Å². The Morgan fingerprint density at radius 3 is 2.79 bits per heavy atom. The maximum absolute atomic E-state index is 12.9. The van der Waals surface area contributed by atoms with Crippen molar-refractivity contribution in [3.05, 3.63) is 86.5 Å². The van der Waals surface area contributed by atoms with E-state index >= 15 is 0 Å². The highest BCUT2D eigenvalue weighted by Gasteiger charge is 2.13. The van der Waals surface area contributed by atoms with Crippen LogP contribution in [0.4, 0.5) is 5.95 Å². The third kappa shape index (κ3) is 3.27. The molecule has 140 valence electrons. The second-order valence-electron chi connectivity index (χ2n) is 6.53. The van der Waals surface area contributed by atoms with E-state index in [0.717, 1.165) is 21.3 Å². The quantitative estimate of drug-likeness (QED) is 0.567. The van der Waals surface area contributed by atoms with Crippen LogP contribution in [0.5, 0.6) is 0 Å². The number of nitrogens with zero attached hydrogens (tertiary/aromatic N) is 4. The zero-order chi connectivity index (χ0) is 19.7. The molecule has 8 nitrogen and oxygen atoms in total. The highest BCUT2D eigenvalue weighted by Crippen LogP contribution is 2.14. The standard InChI is InChI=1S/C20H18N6O2/c1-12-5-6-13(2)16(8-12)26-18(27)15-11-23-19(24-17(15)25-20(26)28)22-10-14-4-3-7-21-9-14/h3-9,11H,10H2,1-2H3,(H2,22,23,24,25,28). The van der Waals surface area contributed by atoms with Gasteiger partial charge in [-0.05, 0) is 42.7 Å². The van der Waals surface area contributed by atoms with Crippen molar-refractivity contribution in [2.24, 2.45) is 0 Å². The van der Waals surface area contributed by atoms with Gasteiger partial charge in [-0.25, -0.2) is 14.3 Å². The van der Waals surface area contributed by atoms with Gasteiger partial charge in [-0.15, -0.1) is 0 Å². The van der Waals surface area contributed by atoms with Crippen LogP contribution < -0.4 is 16.6 Å². The number of nitrogens with one attached hydrogen (secondary N) is 2. The normalized spacial score (nSPS) is 10.9. The smallest absolute Gasteiger partial charge is 0.334 e. The van der Waals surface area contributed by atoms with Gasteiger partial charge in [0.15, 0.2) is 5.65 Å². The van der Waals surface area contributed by atoms with E-state index in [1.807, 2.05) is 44.2 Å². The van der Waals surface area contributed by atoms with E-state index in [2.05, 4.69) is 25.3 Å². The number of anilines is 1. The second-order valence-corrected chi connectivity index (χ2v) is 6.53. The third-order valence-corrected chi connectivity index (χ3v) is 4.43. The summed E-state index contributed by atoms with van der Waals surface area (Å²) in [6, 6.07) is 9.38. The van der Waals surface area contributed by atoms with E-state index in [1.165, 1.54) is 6.20 Å². The Balaban J connectivity index is 1.75. The van der Waals surface area contributed by atoms with E-state index < -0.39 is 11.2 Å². The Morgan fingerprint density at radius 2 is 2.00 bits per heavy atom. The summed E-state index contributed by atoms with van der Waals surface area (Å²) in [4.78, 5) is 40.8. The molecule has 0 aliphatic carbocycles. The van der Waals surface area contributed by atoms with Crippen LogP contribution in [0.1, 0.15) is 16.7 Å². The summed E-state index contributed by atoms with van der Waals surface area (Å²) in [5.41, 5.74) is 2.50. The highest BCUT2D eigenvalue weighted by molar-refractivity contribution is 5.73. The molecule has 0 bridgehead atoms. The van der Waals surface area contributed by atoms with Gasteiger partial charge in [0, 0.05) is 25.1 Å². The molecule has 0 aliphatic heterocycles. The Bertz CT molecular complexity index is 1280. The molecule has 0 aliphatic rings. The van der Waals surface area contributed by atoms with Crippen molar-refractivity contribution in [3.63, 3.8) is 0 Å². The molecule has 0 saturated heterocycles. The van der Waals surface area contributed by atoms with E-state index in [4.69, 9.17) is 0 Å². The van der Waals surface area contributed by atoms with Crippen molar-refractivity contribution < 1.29 is 0 Å². The van der Waals surface area contributed by atoms with Gasteiger partial charge in [0.25, 0.3) is 5.56 Å². The Labute approximate surface area is 160 Å². The topological polar surface area (TPSA) is 106 Å². The molecule has 0 radical (unpaired) electrons. The molecule has 8 heteroatoms. The zero-order valence-corrected chi connectivity index (χ0v) is 15.4. The van der Waals surface area contributed by atoms with Gasteiger partial charge in [-0.2, -0.15) is 4.98 Å². The number of fused-ring (bicyclic) bond motifs is 1. The molecule has 4 rings (SSSR count). The fraction of sp³-hybridized carbons (Fsp3) is 0.150. The average molecular weight is 374 g/mol. The fourth-order valence-electron chi connectivity index (χ4n) is 2.95. The lowest BCUT2D eigenvalue weighted by molar-refractivity contribution is 0.883. The maximum Gasteiger partial charge on any atom is 0.334 e. The molecule has 0 saturated carbocycles. The van der Waals surface area contributed by atoms with Crippen LogP contribution >= 0.6 is 0 Å². The van der Waals surface area contributed by atoms with Gasteiger partial charge >= 0.3 is 5.69 Å². The molecule has 3 aromatic heterocycles. The first-order valence-corrected chi connectivity index (χ1v) is 8.75. The maximum atomic E-state index is 12.9. The first-order valence-electron chi connectivity index (χ1n) is 8.75. The minimum atomic E-state index is -0.539. The monoisotopic (exact) mass is 374 g/mol. The summed E-state index contributed by atoms with van der Waals surface area (Å²) >= 11 is 0. The summed E-state index contributed by atoms with van der Waals surface area (Å²) in [6.07, 6.45) is 4.86. The average Bonchev–Trinajstić information content (AvgIpc) is 2.69. The number of H-pyrrole nitrogens is 1. The molecule has 0 unspecified atom stereocenters. The van der Waals surface area contributed by atoms with Crippen LogP contribution in [0.15, 0.2) is 58.5 Å². The number of pyridine rings is 1. The Hall–Kier alpha value is -3.81. The predicted octanol–water partition coefficient (Wildman–Crippen LogP) is 2.09. The summed E-state index contributed by atoms with van der Waals surface area (Å²) in [7, 11) is 0. The van der Waals surface area contributed by atoms with E-state index in [-0.39, 0.29) is 11.0 Å². The van der Waals surface area contributed by atoms with Gasteiger partial charge in [0.2, 0.25) is 5.95 Å². The molecule has 28 heavy (non-hydrogen) atoms. The van der Waals surface area contributed by atoms with Crippen LogP contribution in [0, 0.1) is 13.8 Å². The second kappa shape index (κ2) is 7.07. The van der Waals surface area contributed by atoms with Crippen LogP contribution in [0.3, 0.4) is 0 Å². The summed E-state index contributed by atoms with van der Waals surface area (Å²) < 4.78 is 1.12. The Kier molecular flexibility index (Phi) is 4.44. The molecule has 0 amide bonds. The molecule has 1 aromatic carbocycles. The minimum Gasteiger partial charge on any atom is -0.350 e. The molecule has 0 spiro atoms. The van der Waals surface area contributed by atoms with Crippen molar-refractivity contribution >= 4 is 17.0 Å². The van der Waals surface area contributed by atoms with Crippen LogP contribution in [-0.4, -0.2) is 24.5 Å². The zero-order valence-electron chi connectivity index (χ0n) is 15.4. The number of hydrogen-bond donors (Lipinski definition) is 2. The van der Waals surface area contributed by atoms with Crippen molar-refractivity contribution in [2.75, 3.05) is 5.32 Å². The SMILES string of the molecule is Cc1ccc(C)c(-n2c(=O)[nH]c3nc(NCc4cccnc4)ncc3c2=O)c1. The largest absolute Gasteiger partial charge is 0.350 e. The summed E-state index contributed by atoms with van der Waals surface area (Å²) in [5.74, 6) is 0.316. The van der Waals surface area contributed by atoms with Gasteiger partial charge < -0.3 is 5.32 Å². The van der Waals surface area contributed by atoms with Crippen LogP contribution in [-0.2, 0) is 6.54 Å². The number of aromatic nitrogens is 5. The lowest BCUT2D eigenvalue weighted by Gasteiger charge is -2.10. The molecule has 0 atom stereocenters. The summed E-state index contributed by atoms with van der Waals surface area (Å²) in [6.45, 7) is 4.24. The van der Waals surface area contributed by atoms with Crippen LogP contribution in [0.25, 0.3) is 16.7 Å². The van der Waals surface area contributed by atoms with Crippen molar-refractivity contribution in [3.8, 4) is 5.69 Å². The van der Waals surface area contributed by atoms with E-state index in [0.29, 0.717) is 18.2 Å². The third-order valence-electron chi connectivity index (χ3n) is 4.43. The molecule has 4 aromatic rings. The van der Waals surface area contributed by atoms with Gasteiger partial charge in [0.05, 0.1) is 5.69 Å². The minimum absolute atomic E-state index is 0.195. The number of rotatable bonds is 4. The van der Waals surface area contributed by atoms with Gasteiger partial charge in [-0.1, -0.05) is 18.2 Å². The fourth-order valence-corrected chi connectivity index (χ4v) is 2.95. The molecular weight excluding hydrogens is 356 g/mol. The number of aryl methyl sites for hydroxylation is 2. The lowest BCUT2D eigenvalue weighted by atomic mass is 10.1. The first-order chi connectivity index (χ1) is 13.5. The molecular formula is C20H18N6O2. The molecule has 3 heterocycles.